The molecular weight excluding hydrogens is 352 g/mol. The predicted molar refractivity (Wildman–Crippen MR) is 98.6 cm³/mol. The Kier molecular flexibility index (Phi) is 5.94. The van der Waals surface area contributed by atoms with Crippen LogP contribution in [0.2, 0.25) is 0 Å². The van der Waals surface area contributed by atoms with Crippen LogP contribution in [0.1, 0.15) is 5.56 Å². The highest BCUT2D eigenvalue weighted by Crippen LogP contribution is 2.17. The van der Waals surface area contributed by atoms with E-state index in [0.29, 0.717) is 5.16 Å². The van der Waals surface area contributed by atoms with Gasteiger partial charge in [-0.05, 0) is 52.4 Å². The fourth-order valence-corrected chi connectivity index (χ4v) is 2.71. The maximum atomic E-state index is 11.9. The zero-order chi connectivity index (χ0) is 18.2. The third kappa shape index (κ3) is 4.67. The molecule has 0 aliphatic carbocycles. The van der Waals surface area contributed by atoms with Gasteiger partial charge >= 0.3 is 0 Å². The summed E-state index contributed by atoms with van der Waals surface area (Å²) in [4.78, 5) is 11.9. The maximum Gasteiger partial charge on any atom is 0.250 e. The van der Waals surface area contributed by atoms with Gasteiger partial charge in [-0.2, -0.15) is 9.78 Å². The van der Waals surface area contributed by atoms with E-state index in [1.807, 2.05) is 54.6 Å². The van der Waals surface area contributed by atoms with Gasteiger partial charge in [0.2, 0.25) is 5.16 Å². The summed E-state index contributed by atoms with van der Waals surface area (Å²) in [6, 6.07) is 16.8. The molecular formula is C17H16N6O2S. The number of benzene rings is 2. The lowest BCUT2D eigenvalue weighted by Gasteiger charge is -2.03. The molecule has 0 aliphatic heterocycles. The summed E-state index contributed by atoms with van der Waals surface area (Å²) < 4.78 is 6.67. The monoisotopic (exact) mass is 368 g/mol. The van der Waals surface area contributed by atoms with E-state index in [0.717, 1.165) is 17.0 Å². The quantitative estimate of drug-likeness (QED) is 0.389. The van der Waals surface area contributed by atoms with Crippen molar-refractivity contribution in [1.82, 2.24) is 25.6 Å². The van der Waals surface area contributed by atoms with Crippen LogP contribution in [0.5, 0.6) is 5.75 Å². The molecule has 0 bridgehead atoms. The van der Waals surface area contributed by atoms with Gasteiger partial charge in [0.15, 0.2) is 0 Å². The standard InChI is InChI=1S/C17H16N6O2S/c1-25-15-9-7-13(8-10-15)11-18-19-16(24)12-26-17-20-21-22-23(17)14-5-3-2-4-6-14/h2-11H,12H2,1H3,(H,19,24)/b18-11+. The smallest absolute Gasteiger partial charge is 0.250 e. The Morgan fingerprint density at radius 2 is 2.00 bits per heavy atom. The number of methoxy groups -OCH3 is 1. The average molecular weight is 368 g/mol. The molecule has 26 heavy (non-hydrogen) atoms. The number of aromatic nitrogens is 4. The van der Waals surface area contributed by atoms with E-state index >= 15 is 0 Å². The summed E-state index contributed by atoms with van der Waals surface area (Å²) in [5, 5.41) is 16.0. The number of nitrogens with one attached hydrogen (secondary N) is 1. The summed E-state index contributed by atoms with van der Waals surface area (Å²) in [5.74, 6) is 0.661. The van der Waals surface area contributed by atoms with E-state index in [4.69, 9.17) is 4.74 Å². The summed E-state index contributed by atoms with van der Waals surface area (Å²) in [7, 11) is 1.61. The molecule has 1 heterocycles. The lowest BCUT2D eigenvalue weighted by atomic mass is 10.2. The van der Waals surface area contributed by atoms with E-state index in [2.05, 4.69) is 26.1 Å². The third-order valence-corrected chi connectivity index (χ3v) is 4.21. The minimum atomic E-state index is -0.248. The molecule has 0 saturated carbocycles. The predicted octanol–water partition coefficient (Wildman–Crippen LogP) is 1.91. The number of hydrogen-bond acceptors (Lipinski definition) is 7. The minimum absolute atomic E-state index is 0.146. The topological polar surface area (TPSA) is 94.3 Å². The largest absolute Gasteiger partial charge is 0.497 e. The molecule has 1 amide bonds. The second-order valence-electron chi connectivity index (χ2n) is 5.06. The zero-order valence-corrected chi connectivity index (χ0v) is 14.8. The van der Waals surface area contributed by atoms with E-state index in [-0.39, 0.29) is 11.7 Å². The number of ether oxygens (including phenoxy) is 1. The van der Waals surface area contributed by atoms with E-state index in [1.54, 1.807) is 18.0 Å². The molecule has 1 N–H and O–H groups in total. The second kappa shape index (κ2) is 8.77. The molecule has 0 atom stereocenters. The Hall–Kier alpha value is -3.20. The van der Waals surface area contributed by atoms with Crippen molar-refractivity contribution < 1.29 is 9.53 Å². The first kappa shape index (κ1) is 17.6. The van der Waals surface area contributed by atoms with Crippen molar-refractivity contribution in [2.24, 2.45) is 5.10 Å². The van der Waals surface area contributed by atoms with Gasteiger partial charge in [0.05, 0.1) is 24.8 Å². The number of nitrogens with zero attached hydrogens (tertiary/aromatic N) is 5. The van der Waals surface area contributed by atoms with Gasteiger partial charge in [-0.1, -0.05) is 30.0 Å². The molecule has 3 aromatic rings. The number of carbonyl (C=O) groups is 1. The van der Waals surface area contributed by atoms with Gasteiger partial charge in [0.1, 0.15) is 5.75 Å². The third-order valence-electron chi connectivity index (χ3n) is 3.29. The SMILES string of the molecule is COc1ccc(/C=N/NC(=O)CSc2nnnn2-c2ccccc2)cc1. The maximum absolute atomic E-state index is 11.9. The number of hydrogen-bond donors (Lipinski definition) is 1. The highest BCUT2D eigenvalue weighted by molar-refractivity contribution is 7.99. The molecule has 0 aliphatic rings. The van der Waals surface area contributed by atoms with Gasteiger partial charge in [0, 0.05) is 0 Å². The van der Waals surface area contributed by atoms with Gasteiger partial charge in [0.25, 0.3) is 5.91 Å². The van der Waals surface area contributed by atoms with Crippen molar-refractivity contribution >= 4 is 23.9 Å². The molecule has 1 aromatic heterocycles. The van der Waals surface area contributed by atoms with Crippen LogP contribution < -0.4 is 10.2 Å². The number of para-hydroxylation sites is 1. The lowest BCUT2D eigenvalue weighted by molar-refractivity contribution is -0.118. The van der Waals surface area contributed by atoms with E-state index in [1.165, 1.54) is 11.8 Å². The van der Waals surface area contributed by atoms with E-state index < -0.39 is 0 Å². The molecule has 0 unspecified atom stereocenters. The first-order chi connectivity index (χ1) is 12.8. The van der Waals surface area contributed by atoms with Crippen molar-refractivity contribution in [3.8, 4) is 11.4 Å². The minimum Gasteiger partial charge on any atom is -0.497 e. The number of hydrazone groups is 1. The molecule has 0 radical (unpaired) electrons. The second-order valence-corrected chi connectivity index (χ2v) is 6.01. The first-order valence-electron chi connectivity index (χ1n) is 7.69. The zero-order valence-electron chi connectivity index (χ0n) is 13.9. The summed E-state index contributed by atoms with van der Waals surface area (Å²) >= 11 is 1.23. The van der Waals surface area contributed by atoms with Crippen molar-refractivity contribution in [3.63, 3.8) is 0 Å². The summed E-state index contributed by atoms with van der Waals surface area (Å²) in [6.07, 6.45) is 1.57. The molecule has 8 nitrogen and oxygen atoms in total. The number of rotatable bonds is 7. The van der Waals surface area contributed by atoms with E-state index in [9.17, 15) is 4.79 Å². The van der Waals surface area contributed by atoms with Gasteiger partial charge in [-0.25, -0.2) is 5.43 Å². The van der Waals surface area contributed by atoms with Crippen LogP contribution in [0.25, 0.3) is 5.69 Å². The van der Waals surface area contributed by atoms with Crippen LogP contribution >= 0.6 is 11.8 Å². The van der Waals surface area contributed by atoms with Crippen LogP contribution in [0.15, 0.2) is 64.9 Å². The Bertz CT molecular complexity index is 880. The molecule has 2 aromatic carbocycles. The number of amides is 1. The molecule has 132 valence electrons. The van der Waals surface area contributed by atoms with Crippen LogP contribution in [0.4, 0.5) is 0 Å². The molecule has 0 fully saturated rings. The van der Waals surface area contributed by atoms with Crippen LogP contribution in [-0.4, -0.2) is 45.2 Å². The van der Waals surface area contributed by atoms with Crippen LogP contribution in [0.3, 0.4) is 0 Å². The number of tetrazole rings is 1. The summed E-state index contributed by atoms with van der Waals surface area (Å²) in [6.45, 7) is 0. The molecule has 0 spiro atoms. The van der Waals surface area contributed by atoms with Gasteiger partial charge in [-0.15, -0.1) is 5.10 Å². The lowest BCUT2D eigenvalue weighted by Crippen LogP contribution is -2.20. The van der Waals surface area contributed by atoms with Crippen LogP contribution in [-0.2, 0) is 4.79 Å². The number of thioether (sulfide) groups is 1. The highest BCUT2D eigenvalue weighted by atomic mass is 32.2. The van der Waals surface area contributed by atoms with Crippen molar-refractivity contribution in [1.29, 1.82) is 0 Å². The molecule has 0 saturated heterocycles. The first-order valence-corrected chi connectivity index (χ1v) is 8.67. The average Bonchev–Trinajstić information content (AvgIpc) is 3.16. The molecule has 3 rings (SSSR count). The van der Waals surface area contributed by atoms with Gasteiger partial charge in [-0.3, -0.25) is 4.79 Å². The highest BCUT2D eigenvalue weighted by Gasteiger charge is 2.10. The Morgan fingerprint density at radius 1 is 1.23 bits per heavy atom. The summed E-state index contributed by atoms with van der Waals surface area (Å²) in [5.41, 5.74) is 4.17. The normalized spacial score (nSPS) is 10.8. The Morgan fingerprint density at radius 3 is 2.73 bits per heavy atom. The van der Waals surface area contributed by atoms with Crippen molar-refractivity contribution in [3.05, 3.63) is 60.2 Å². The molecule has 9 heteroatoms. The Labute approximate surface area is 154 Å². The van der Waals surface area contributed by atoms with Crippen LogP contribution in [0, 0.1) is 0 Å². The van der Waals surface area contributed by atoms with Gasteiger partial charge < -0.3 is 4.74 Å². The number of carbonyl (C=O) groups excluding carboxylic acids is 1. The van der Waals surface area contributed by atoms with Crippen molar-refractivity contribution in [2.75, 3.05) is 12.9 Å². The fourth-order valence-electron chi connectivity index (χ4n) is 2.03. The Balaban J connectivity index is 1.52. The van der Waals surface area contributed by atoms with Crippen molar-refractivity contribution in [2.45, 2.75) is 5.16 Å². The fraction of sp³-hybridized carbons (Fsp3) is 0.118.